The van der Waals surface area contributed by atoms with E-state index in [1.54, 1.807) is 41.6 Å². The SMILES string of the molecule is COC(=O)c1ccc(C(=O)N(Cc2cccnc2)c2nc3c(C)cccc3s2)cc1. The van der Waals surface area contributed by atoms with E-state index in [-0.39, 0.29) is 5.91 Å². The van der Waals surface area contributed by atoms with Gasteiger partial charge in [0.2, 0.25) is 0 Å². The zero-order valence-electron chi connectivity index (χ0n) is 16.5. The van der Waals surface area contributed by atoms with Gasteiger partial charge in [-0.2, -0.15) is 0 Å². The summed E-state index contributed by atoms with van der Waals surface area (Å²) >= 11 is 1.47. The van der Waals surface area contributed by atoms with Crippen LogP contribution in [0.5, 0.6) is 0 Å². The summed E-state index contributed by atoms with van der Waals surface area (Å²) in [6.45, 7) is 2.34. The number of hydrogen-bond acceptors (Lipinski definition) is 6. The molecule has 4 rings (SSSR count). The number of carbonyl (C=O) groups is 2. The summed E-state index contributed by atoms with van der Waals surface area (Å²) in [7, 11) is 1.33. The number of rotatable bonds is 5. The number of amides is 1. The first-order valence-corrected chi connectivity index (χ1v) is 10.1. The Labute approximate surface area is 177 Å². The Bertz CT molecular complexity index is 1200. The summed E-state index contributed by atoms with van der Waals surface area (Å²) in [6, 6.07) is 16.2. The minimum Gasteiger partial charge on any atom is -0.465 e. The molecule has 0 fully saturated rings. The molecule has 6 nitrogen and oxygen atoms in total. The largest absolute Gasteiger partial charge is 0.465 e. The van der Waals surface area contributed by atoms with Crippen LogP contribution in [-0.4, -0.2) is 29.0 Å². The van der Waals surface area contributed by atoms with Gasteiger partial charge in [-0.05, 0) is 54.4 Å². The maximum Gasteiger partial charge on any atom is 0.337 e. The lowest BCUT2D eigenvalue weighted by atomic mass is 10.1. The molecule has 0 aliphatic rings. The van der Waals surface area contributed by atoms with Gasteiger partial charge in [-0.1, -0.05) is 29.5 Å². The smallest absolute Gasteiger partial charge is 0.337 e. The van der Waals surface area contributed by atoms with E-state index in [0.29, 0.717) is 22.8 Å². The molecular formula is C23H19N3O3S. The highest BCUT2D eigenvalue weighted by molar-refractivity contribution is 7.22. The number of nitrogens with zero attached hydrogens (tertiary/aromatic N) is 3. The van der Waals surface area contributed by atoms with Crippen molar-refractivity contribution in [3.8, 4) is 0 Å². The van der Waals surface area contributed by atoms with Crippen molar-refractivity contribution >= 4 is 38.6 Å². The van der Waals surface area contributed by atoms with Crippen LogP contribution in [0.2, 0.25) is 0 Å². The lowest BCUT2D eigenvalue weighted by molar-refractivity contribution is 0.0600. The highest BCUT2D eigenvalue weighted by Gasteiger charge is 2.22. The van der Waals surface area contributed by atoms with Crippen molar-refractivity contribution in [2.45, 2.75) is 13.5 Å². The van der Waals surface area contributed by atoms with Crippen LogP contribution < -0.4 is 4.90 Å². The highest BCUT2D eigenvalue weighted by Crippen LogP contribution is 2.32. The molecule has 0 saturated heterocycles. The van der Waals surface area contributed by atoms with Gasteiger partial charge in [-0.3, -0.25) is 14.7 Å². The number of fused-ring (bicyclic) bond motifs is 1. The second-order valence-corrected chi connectivity index (χ2v) is 7.75. The zero-order valence-corrected chi connectivity index (χ0v) is 17.3. The second kappa shape index (κ2) is 8.42. The van der Waals surface area contributed by atoms with Crippen LogP contribution >= 0.6 is 11.3 Å². The lowest BCUT2D eigenvalue weighted by Crippen LogP contribution is -2.30. The van der Waals surface area contributed by atoms with E-state index in [1.165, 1.54) is 18.4 Å². The molecule has 0 N–H and O–H groups in total. The molecule has 0 bridgehead atoms. The van der Waals surface area contributed by atoms with E-state index in [2.05, 4.69) is 4.98 Å². The van der Waals surface area contributed by atoms with E-state index in [4.69, 9.17) is 9.72 Å². The summed E-state index contributed by atoms with van der Waals surface area (Å²) in [4.78, 5) is 35.7. The fourth-order valence-electron chi connectivity index (χ4n) is 3.11. The number of hydrogen-bond donors (Lipinski definition) is 0. The van der Waals surface area contributed by atoms with Crippen LogP contribution in [0.3, 0.4) is 0 Å². The first kappa shape index (κ1) is 19.7. The molecule has 7 heteroatoms. The molecular weight excluding hydrogens is 398 g/mol. The quantitative estimate of drug-likeness (QED) is 0.443. The fourth-order valence-corrected chi connectivity index (χ4v) is 4.15. The van der Waals surface area contributed by atoms with Gasteiger partial charge in [-0.15, -0.1) is 0 Å². The molecule has 0 atom stereocenters. The maximum atomic E-state index is 13.4. The molecule has 2 aromatic carbocycles. The Balaban J connectivity index is 1.73. The van der Waals surface area contributed by atoms with Gasteiger partial charge in [0.15, 0.2) is 5.13 Å². The number of ether oxygens (including phenoxy) is 1. The molecule has 0 radical (unpaired) electrons. The molecule has 30 heavy (non-hydrogen) atoms. The topological polar surface area (TPSA) is 72.4 Å². The lowest BCUT2D eigenvalue weighted by Gasteiger charge is -2.20. The monoisotopic (exact) mass is 417 g/mol. The van der Waals surface area contributed by atoms with Gasteiger partial charge in [0.25, 0.3) is 5.91 Å². The minimum atomic E-state index is -0.442. The van der Waals surface area contributed by atoms with Crippen molar-refractivity contribution < 1.29 is 14.3 Å². The number of carbonyl (C=O) groups excluding carboxylic acids is 2. The van der Waals surface area contributed by atoms with Crippen molar-refractivity contribution in [3.63, 3.8) is 0 Å². The van der Waals surface area contributed by atoms with Gasteiger partial charge in [-0.25, -0.2) is 9.78 Å². The second-order valence-electron chi connectivity index (χ2n) is 6.74. The Morgan fingerprint density at radius 3 is 2.47 bits per heavy atom. The Morgan fingerprint density at radius 2 is 1.80 bits per heavy atom. The van der Waals surface area contributed by atoms with Gasteiger partial charge >= 0.3 is 5.97 Å². The molecule has 150 valence electrons. The van der Waals surface area contributed by atoms with Crippen LogP contribution in [-0.2, 0) is 11.3 Å². The van der Waals surface area contributed by atoms with Crippen molar-refractivity contribution in [3.05, 3.63) is 89.2 Å². The number of aromatic nitrogens is 2. The maximum absolute atomic E-state index is 13.4. The first-order valence-electron chi connectivity index (χ1n) is 9.32. The number of aryl methyl sites for hydroxylation is 1. The molecule has 2 heterocycles. The average molecular weight is 417 g/mol. The summed E-state index contributed by atoms with van der Waals surface area (Å²) in [5, 5.41) is 0.616. The molecule has 0 unspecified atom stereocenters. The molecule has 2 aromatic heterocycles. The number of benzene rings is 2. The third kappa shape index (κ3) is 3.92. The van der Waals surface area contributed by atoms with E-state index in [1.807, 2.05) is 37.3 Å². The van der Waals surface area contributed by atoms with E-state index < -0.39 is 5.97 Å². The van der Waals surface area contributed by atoms with Gasteiger partial charge < -0.3 is 4.74 Å². The van der Waals surface area contributed by atoms with Crippen LogP contribution in [0.15, 0.2) is 67.0 Å². The molecule has 0 saturated carbocycles. The van der Waals surface area contributed by atoms with Gasteiger partial charge in [0, 0.05) is 18.0 Å². The Hall–Kier alpha value is -3.58. The normalized spacial score (nSPS) is 10.7. The van der Waals surface area contributed by atoms with Crippen molar-refractivity contribution in [1.82, 2.24) is 9.97 Å². The number of para-hydroxylation sites is 1. The Kier molecular flexibility index (Phi) is 5.54. The van der Waals surface area contributed by atoms with Crippen molar-refractivity contribution in [2.75, 3.05) is 12.0 Å². The predicted molar refractivity (Wildman–Crippen MR) is 117 cm³/mol. The van der Waals surface area contributed by atoms with Crippen LogP contribution in [0.1, 0.15) is 31.8 Å². The van der Waals surface area contributed by atoms with Crippen LogP contribution in [0.4, 0.5) is 5.13 Å². The fraction of sp³-hybridized carbons (Fsp3) is 0.130. The number of methoxy groups -OCH3 is 1. The summed E-state index contributed by atoms with van der Waals surface area (Å²) in [6.07, 6.45) is 3.43. The number of pyridine rings is 1. The van der Waals surface area contributed by atoms with Gasteiger partial charge in [0.1, 0.15) is 0 Å². The van der Waals surface area contributed by atoms with E-state index in [0.717, 1.165) is 21.3 Å². The number of thiazole rings is 1. The van der Waals surface area contributed by atoms with E-state index in [9.17, 15) is 9.59 Å². The Morgan fingerprint density at radius 1 is 1.03 bits per heavy atom. The molecule has 1 amide bonds. The standard InChI is InChI=1S/C23H19N3O3S/c1-15-5-3-7-19-20(15)25-23(30-19)26(14-16-6-4-12-24-13-16)21(27)17-8-10-18(11-9-17)22(28)29-2/h3-13H,14H2,1-2H3. The molecule has 0 aliphatic heterocycles. The number of anilines is 1. The third-order valence-corrected chi connectivity index (χ3v) is 5.75. The molecule has 0 aliphatic carbocycles. The molecule has 0 spiro atoms. The highest BCUT2D eigenvalue weighted by atomic mass is 32.1. The van der Waals surface area contributed by atoms with Crippen molar-refractivity contribution in [1.29, 1.82) is 0 Å². The summed E-state index contributed by atoms with van der Waals surface area (Å²) in [5.41, 5.74) is 3.70. The average Bonchev–Trinajstić information content (AvgIpc) is 3.23. The first-order chi connectivity index (χ1) is 14.6. The zero-order chi connectivity index (χ0) is 21.1. The minimum absolute atomic E-state index is 0.202. The van der Waals surface area contributed by atoms with Crippen molar-refractivity contribution in [2.24, 2.45) is 0 Å². The third-order valence-electron chi connectivity index (χ3n) is 4.70. The molecule has 4 aromatic rings. The van der Waals surface area contributed by atoms with Gasteiger partial charge in [0.05, 0.1) is 29.4 Å². The summed E-state index contributed by atoms with van der Waals surface area (Å²) < 4.78 is 5.75. The predicted octanol–water partition coefficient (Wildman–Crippen LogP) is 4.63. The van der Waals surface area contributed by atoms with Crippen LogP contribution in [0.25, 0.3) is 10.2 Å². The summed E-state index contributed by atoms with van der Waals surface area (Å²) in [5.74, 6) is -0.644. The van der Waals surface area contributed by atoms with E-state index >= 15 is 0 Å². The number of esters is 1. The van der Waals surface area contributed by atoms with Crippen LogP contribution in [0, 0.1) is 6.92 Å².